The molecule has 1 aliphatic heterocycles. The molecule has 0 radical (unpaired) electrons. The zero-order valence-electron chi connectivity index (χ0n) is 18.9. The predicted octanol–water partition coefficient (Wildman–Crippen LogP) is 5.06. The molecule has 5 rings (SSSR count). The second kappa shape index (κ2) is 9.63. The first-order valence-corrected chi connectivity index (χ1v) is 11.7. The van der Waals surface area contributed by atoms with Crippen LogP contribution in [0.1, 0.15) is 21.5 Å². The van der Waals surface area contributed by atoms with Crippen molar-refractivity contribution in [2.24, 2.45) is 5.10 Å². The molecule has 2 heterocycles. The molecule has 0 aliphatic carbocycles. The molecule has 0 unspecified atom stereocenters. The van der Waals surface area contributed by atoms with Crippen LogP contribution in [0.25, 0.3) is 17.0 Å². The summed E-state index contributed by atoms with van der Waals surface area (Å²) >= 11 is 1.05. The van der Waals surface area contributed by atoms with Crippen molar-refractivity contribution < 1.29 is 18.4 Å². The van der Waals surface area contributed by atoms with Crippen molar-refractivity contribution >= 4 is 51.5 Å². The average molecular weight is 500 g/mol. The molecule has 9 heteroatoms. The summed E-state index contributed by atoms with van der Waals surface area (Å²) in [5.74, 6) is -1.50. The van der Waals surface area contributed by atoms with E-state index in [1.165, 1.54) is 23.1 Å². The van der Waals surface area contributed by atoms with E-state index in [0.717, 1.165) is 17.3 Å². The Morgan fingerprint density at radius 1 is 1.03 bits per heavy atom. The molecule has 0 bridgehead atoms. The number of para-hydroxylation sites is 1. The Hall–Kier alpha value is -4.50. The van der Waals surface area contributed by atoms with Crippen LogP contribution in [0, 0.1) is 12.7 Å². The maximum atomic E-state index is 13.3. The minimum atomic E-state index is -0.797. The molecule has 1 N–H and O–H groups in total. The van der Waals surface area contributed by atoms with Crippen LogP contribution in [-0.4, -0.2) is 17.0 Å². The van der Waals surface area contributed by atoms with Gasteiger partial charge in [0.2, 0.25) is 0 Å². The summed E-state index contributed by atoms with van der Waals surface area (Å²) in [5.41, 5.74) is 3.85. The van der Waals surface area contributed by atoms with Gasteiger partial charge < -0.3 is 4.42 Å². The lowest BCUT2D eigenvalue weighted by molar-refractivity contribution is -0.113. The largest absolute Gasteiger partial charge is 0.422 e. The molecule has 178 valence electrons. The Bertz CT molecular complexity index is 1630. The molecule has 7 nitrogen and oxygen atoms in total. The molecule has 1 saturated heterocycles. The molecule has 3 aromatic carbocycles. The summed E-state index contributed by atoms with van der Waals surface area (Å²) in [6.45, 7) is 1.89. The second-order valence-electron chi connectivity index (χ2n) is 7.96. The summed E-state index contributed by atoms with van der Waals surface area (Å²) in [7, 11) is 0. The van der Waals surface area contributed by atoms with Gasteiger partial charge in [-0.1, -0.05) is 42.5 Å². The standard InChI is InChI=1S/C27H18FN3O4S/c1-16-5-4-7-20(13-16)31-25(33)23(14-17-9-11-19(28)12-10-17)36-27(31)30-29-24(32)21-15-18-6-2-3-8-22(18)35-26(21)34/h2-15H,1H3,(H,29,32)/b23-14-,30-27-. The number of amidine groups is 1. The fraction of sp³-hybridized carbons (Fsp3) is 0.0370. The summed E-state index contributed by atoms with van der Waals surface area (Å²) in [6.07, 6.45) is 1.62. The van der Waals surface area contributed by atoms with Crippen LogP contribution in [-0.2, 0) is 4.79 Å². The minimum absolute atomic E-state index is 0.192. The molecule has 1 aliphatic rings. The van der Waals surface area contributed by atoms with Gasteiger partial charge in [-0.25, -0.2) is 14.6 Å². The van der Waals surface area contributed by atoms with Crippen molar-refractivity contribution in [3.05, 3.63) is 117 Å². The van der Waals surface area contributed by atoms with Crippen LogP contribution < -0.4 is 16.0 Å². The number of benzene rings is 3. The number of aryl methyl sites for hydroxylation is 1. The fourth-order valence-electron chi connectivity index (χ4n) is 3.63. The van der Waals surface area contributed by atoms with Crippen LogP contribution in [0.4, 0.5) is 10.1 Å². The molecule has 36 heavy (non-hydrogen) atoms. The van der Waals surface area contributed by atoms with Crippen molar-refractivity contribution in [1.29, 1.82) is 0 Å². The lowest BCUT2D eigenvalue weighted by Crippen LogP contribution is -2.32. The Labute approximate surface area is 208 Å². The molecule has 1 aromatic heterocycles. The summed E-state index contributed by atoms with van der Waals surface area (Å²) < 4.78 is 18.5. The van der Waals surface area contributed by atoms with E-state index in [1.54, 1.807) is 54.6 Å². The van der Waals surface area contributed by atoms with Crippen LogP contribution >= 0.6 is 11.8 Å². The lowest BCUT2D eigenvalue weighted by atomic mass is 10.2. The lowest BCUT2D eigenvalue weighted by Gasteiger charge is -2.16. The number of carbonyl (C=O) groups is 2. The third-order valence-corrected chi connectivity index (χ3v) is 6.34. The van der Waals surface area contributed by atoms with E-state index in [0.29, 0.717) is 27.1 Å². The van der Waals surface area contributed by atoms with Gasteiger partial charge in [0.15, 0.2) is 5.17 Å². The number of fused-ring (bicyclic) bond motifs is 1. The Morgan fingerprint density at radius 2 is 1.81 bits per heavy atom. The SMILES string of the molecule is Cc1cccc(N2C(=O)/C(=C/c3ccc(F)cc3)S/C2=N\NC(=O)c2cc3ccccc3oc2=O)c1. The Balaban J connectivity index is 1.49. The Kier molecular flexibility index (Phi) is 6.22. The predicted molar refractivity (Wildman–Crippen MR) is 138 cm³/mol. The number of nitrogens with one attached hydrogen (secondary N) is 1. The number of hydrogen-bond acceptors (Lipinski definition) is 6. The number of anilines is 1. The molecular formula is C27H18FN3O4S. The van der Waals surface area contributed by atoms with Gasteiger partial charge in [0.05, 0.1) is 10.6 Å². The monoisotopic (exact) mass is 499 g/mol. The molecule has 0 atom stereocenters. The van der Waals surface area contributed by atoms with Gasteiger partial charge in [-0.05, 0) is 72.3 Å². The van der Waals surface area contributed by atoms with E-state index in [-0.39, 0.29) is 22.5 Å². The van der Waals surface area contributed by atoms with E-state index in [9.17, 15) is 18.8 Å². The van der Waals surface area contributed by atoms with Gasteiger partial charge in [0, 0.05) is 5.39 Å². The highest BCUT2D eigenvalue weighted by Gasteiger charge is 2.35. The van der Waals surface area contributed by atoms with E-state index in [1.807, 2.05) is 19.1 Å². The molecule has 0 spiro atoms. The molecule has 4 aromatic rings. The highest BCUT2D eigenvalue weighted by atomic mass is 32.2. The third kappa shape index (κ3) is 4.69. The highest BCUT2D eigenvalue weighted by Crippen LogP contribution is 2.36. The number of thioether (sulfide) groups is 1. The quantitative estimate of drug-likeness (QED) is 0.241. The number of hydrazone groups is 1. The average Bonchev–Trinajstić information content (AvgIpc) is 3.18. The number of hydrogen-bond donors (Lipinski definition) is 1. The first kappa shape index (κ1) is 23.3. The number of nitrogens with zero attached hydrogens (tertiary/aromatic N) is 2. The van der Waals surface area contributed by atoms with Crippen molar-refractivity contribution in [3.8, 4) is 0 Å². The van der Waals surface area contributed by atoms with Gasteiger partial charge in [0.25, 0.3) is 11.8 Å². The van der Waals surface area contributed by atoms with Crippen LogP contribution in [0.5, 0.6) is 0 Å². The van der Waals surface area contributed by atoms with E-state index in [2.05, 4.69) is 10.5 Å². The van der Waals surface area contributed by atoms with Crippen molar-refractivity contribution in [2.75, 3.05) is 4.90 Å². The highest BCUT2D eigenvalue weighted by molar-refractivity contribution is 8.19. The van der Waals surface area contributed by atoms with Gasteiger partial charge in [0.1, 0.15) is 17.0 Å². The number of rotatable bonds is 4. The summed E-state index contributed by atoms with van der Waals surface area (Å²) in [4.78, 5) is 40.2. The van der Waals surface area contributed by atoms with Gasteiger partial charge in [-0.2, -0.15) is 0 Å². The van der Waals surface area contributed by atoms with Crippen LogP contribution in [0.3, 0.4) is 0 Å². The summed E-state index contributed by atoms with van der Waals surface area (Å²) in [5, 5.41) is 4.95. The second-order valence-corrected chi connectivity index (χ2v) is 8.97. The smallest absolute Gasteiger partial charge is 0.349 e. The first-order valence-electron chi connectivity index (χ1n) is 10.9. The first-order chi connectivity index (χ1) is 17.4. The zero-order valence-corrected chi connectivity index (χ0v) is 19.7. The fourth-order valence-corrected chi connectivity index (χ4v) is 4.57. The van der Waals surface area contributed by atoms with Crippen LogP contribution in [0.15, 0.2) is 98.1 Å². The normalized spacial score (nSPS) is 15.7. The topological polar surface area (TPSA) is 92.0 Å². The molecule has 1 fully saturated rings. The molecular weight excluding hydrogens is 481 g/mol. The van der Waals surface area contributed by atoms with Gasteiger partial charge in [-0.3, -0.25) is 14.5 Å². The zero-order chi connectivity index (χ0) is 25.2. The number of amides is 2. The maximum absolute atomic E-state index is 13.3. The number of halogens is 1. The van der Waals surface area contributed by atoms with Crippen LogP contribution in [0.2, 0.25) is 0 Å². The number of carbonyl (C=O) groups excluding carboxylic acids is 2. The van der Waals surface area contributed by atoms with Gasteiger partial charge >= 0.3 is 5.63 Å². The van der Waals surface area contributed by atoms with E-state index < -0.39 is 11.5 Å². The van der Waals surface area contributed by atoms with E-state index in [4.69, 9.17) is 4.42 Å². The van der Waals surface area contributed by atoms with Crippen molar-refractivity contribution in [3.63, 3.8) is 0 Å². The minimum Gasteiger partial charge on any atom is -0.422 e. The maximum Gasteiger partial charge on any atom is 0.349 e. The van der Waals surface area contributed by atoms with Crippen molar-refractivity contribution in [1.82, 2.24) is 5.43 Å². The molecule has 0 saturated carbocycles. The summed E-state index contributed by atoms with van der Waals surface area (Å²) in [6, 6.07) is 21.3. The Morgan fingerprint density at radius 3 is 2.58 bits per heavy atom. The van der Waals surface area contributed by atoms with Gasteiger partial charge in [-0.15, -0.1) is 5.10 Å². The van der Waals surface area contributed by atoms with Crippen molar-refractivity contribution in [2.45, 2.75) is 6.92 Å². The molecule has 2 amide bonds. The van der Waals surface area contributed by atoms with E-state index >= 15 is 0 Å². The third-order valence-electron chi connectivity index (χ3n) is 5.37.